The van der Waals surface area contributed by atoms with Crippen molar-refractivity contribution in [2.24, 2.45) is 0 Å². The number of aromatic nitrogens is 1. The van der Waals surface area contributed by atoms with Crippen molar-refractivity contribution >= 4 is 22.2 Å². The Bertz CT molecular complexity index is 736. The highest BCUT2D eigenvalue weighted by molar-refractivity contribution is 9.10. The number of hydrogen-bond acceptors (Lipinski definition) is 2. The molecule has 0 bridgehead atoms. The van der Waals surface area contributed by atoms with Gasteiger partial charge in [0.15, 0.2) is 0 Å². The SMILES string of the molecule is CCn1c(-c2c(F)cccc2F)c(CC=O)cc(Br)c1=O. The largest absolute Gasteiger partial charge is 0.307 e. The Hall–Kier alpha value is -1.82. The fraction of sp³-hybridized carbons (Fsp3) is 0.200. The van der Waals surface area contributed by atoms with Crippen LogP contribution in [-0.2, 0) is 17.8 Å². The van der Waals surface area contributed by atoms with Crippen LogP contribution in [-0.4, -0.2) is 10.9 Å². The van der Waals surface area contributed by atoms with Gasteiger partial charge >= 0.3 is 0 Å². The summed E-state index contributed by atoms with van der Waals surface area (Å²) in [5, 5.41) is 0. The van der Waals surface area contributed by atoms with Crippen molar-refractivity contribution in [2.75, 3.05) is 0 Å². The average Bonchev–Trinajstić information content (AvgIpc) is 2.44. The molecule has 1 aromatic carbocycles. The van der Waals surface area contributed by atoms with Gasteiger partial charge in [0.2, 0.25) is 0 Å². The first kappa shape index (κ1) is 15.6. The lowest BCUT2D eigenvalue weighted by Gasteiger charge is -2.17. The zero-order chi connectivity index (χ0) is 15.6. The fourth-order valence-electron chi connectivity index (χ4n) is 2.25. The van der Waals surface area contributed by atoms with Crippen molar-refractivity contribution in [2.45, 2.75) is 19.9 Å². The first-order valence-electron chi connectivity index (χ1n) is 6.31. The van der Waals surface area contributed by atoms with E-state index in [0.29, 0.717) is 11.8 Å². The zero-order valence-electron chi connectivity index (χ0n) is 11.2. The van der Waals surface area contributed by atoms with Gasteiger partial charge in [-0.05, 0) is 46.6 Å². The van der Waals surface area contributed by atoms with Crippen LogP contribution in [0, 0.1) is 11.6 Å². The molecule has 0 saturated carbocycles. The summed E-state index contributed by atoms with van der Waals surface area (Å²) in [5.74, 6) is -1.54. The number of aldehydes is 1. The van der Waals surface area contributed by atoms with E-state index in [9.17, 15) is 18.4 Å². The van der Waals surface area contributed by atoms with Crippen molar-refractivity contribution < 1.29 is 13.6 Å². The smallest absolute Gasteiger partial charge is 0.265 e. The number of pyridine rings is 1. The molecule has 0 radical (unpaired) electrons. The van der Waals surface area contributed by atoms with E-state index in [1.165, 1.54) is 16.7 Å². The van der Waals surface area contributed by atoms with Crippen LogP contribution in [0.4, 0.5) is 8.78 Å². The predicted octanol–water partition coefficient (Wildman–Crippen LogP) is 3.32. The molecule has 0 fully saturated rings. The van der Waals surface area contributed by atoms with Crippen LogP contribution in [0.5, 0.6) is 0 Å². The zero-order valence-corrected chi connectivity index (χ0v) is 12.8. The third-order valence-electron chi connectivity index (χ3n) is 3.14. The second-order valence-electron chi connectivity index (χ2n) is 4.38. The van der Waals surface area contributed by atoms with Crippen LogP contribution in [0.3, 0.4) is 0 Å². The third-order valence-corrected chi connectivity index (χ3v) is 3.71. The molecule has 6 heteroatoms. The summed E-state index contributed by atoms with van der Waals surface area (Å²) in [6.07, 6.45) is 0.594. The molecule has 0 aliphatic rings. The molecule has 110 valence electrons. The molecule has 0 atom stereocenters. The number of nitrogens with zero attached hydrogens (tertiary/aromatic N) is 1. The number of carbonyl (C=O) groups is 1. The van der Waals surface area contributed by atoms with E-state index in [1.54, 1.807) is 6.92 Å². The minimum atomic E-state index is -0.772. The molecule has 2 rings (SSSR count). The summed E-state index contributed by atoms with van der Waals surface area (Å²) < 4.78 is 29.6. The van der Waals surface area contributed by atoms with E-state index in [1.807, 2.05) is 0 Å². The summed E-state index contributed by atoms with van der Waals surface area (Å²) in [4.78, 5) is 23.0. The second kappa shape index (κ2) is 6.30. The van der Waals surface area contributed by atoms with Gasteiger partial charge in [0.1, 0.15) is 17.9 Å². The molecule has 3 nitrogen and oxygen atoms in total. The van der Waals surface area contributed by atoms with Crippen molar-refractivity contribution in [3.05, 3.63) is 56.3 Å². The summed E-state index contributed by atoms with van der Waals surface area (Å²) in [7, 11) is 0. The van der Waals surface area contributed by atoms with E-state index in [2.05, 4.69) is 15.9 Å². The van der Waals surface area contributed by atoms with Gasteiger partial charge in [0.05, 0.1) is 15.7 Å². The van der Waals surface area contributed by atoms with E-state index in [4.69, 9.17) is 0 Å². The van der Waals surface area contributed by atoms with Gasteiger partial charge in [-0.2, -0.15) is 0 Å². The van der Waals surface area contributed by atoms with E-state index < -0.39 is 17.2 Å². The van der Waals surface area contributed by atoms with E-state index in [0.717, 1.165) is 12.1 Å². The molecule has 0 amide bonds. The van der Waals surface area contributed by atoms with Gasteiger partial charge in [-0.3, -0.25) is 4.79 Å². The minimum Gasteiger partial charge on any atom is -0.307 e. The van der Waals surface area contributed by atoms with Gasteiger partial charge in [0, 0.05) is 13.0 Å². The second-order valence-corrected chi connectivity index (χ2v) is 5.24. The Balaban J connectivity index is 2.92. The molecule has 1 heterocycles. The van der Waals surface area contributed by atoms with Gasteiger partial charge < -0.3 is 9.36 Å². The first-order valence-corrected chi connectivity index (χ1v) is 7.10. The van der Waals surface area contributed by atoms with E-state index >= 15 is 0 Å². The Kier molecular flexibility index (Phi) is 4.67. The van der Waals surface area contributed by atoms with Crippen LogP contribution in [0.25, 0.3) is 11.3 Å². The molecule has 0 unspecified atom stereocenters. The minimum absolute atomic E-state index is 0.0397. The lowest BCUT2D eigenvalue weighted by molar-refractivity contribution is -0.107. The summed E-state index contributed by atoms with van der Waals surface area (Å²) in [6, 6.07) is 4.93. The Morgan fingerprint density at radius 1 is 1.29 bits per heavy atom. The Morgan fingerprint density at radius 2 is 1.90 bits per heavy atom. The maximum Gasteiger partial charge on any atom is 0.265 e. The maximum atomic E-state index is 14.0. The number of carbonyl (C=O) groups excluding carboxylic acids is 1. The van der Waals surface area contributed by atoms with Crippen LogP contribution in [0.1, 0.15) is 12.5 Å². The van der Waals surface area contributed by atoms with Crippen LogP contribution < -0.4 is 5.56 Å². The normalized spacial score (nSPS) is 10.7. The van der Waals surface area contributed by atoms with Crippen molar-refractivity contribution in [1.82, 2.24) is 4.57 Å². The molecule has 21 heavy (non-hydrogen) atoms. The molecule has 0 spiro atoms. The topological polar surface area (TPSA) is 39.1 Å². The van der Waals surface area contributed by atoms with Crippen molar-refractivity contribution in [1.29, 1.82) is 0 Å². The standard InChI is InChI=1S/C15H12BrF2NO2/c1-2-19-14(13-11(17)4-3-5-12(13)18)9(6-7-20)8-10(16)15(19)21/h3-5,7-8H,2,6H2,1H3. The molecular formula is C15H12BrF2NO2. The van der Waals surface area contributed by atoms with Crippen LogP contribution >= 0.6 is 15.9 Å². The summed E-state index contributed by atoms with van der Waals surface area (Å²) in [5.41, 5.74) is -0.193. The average molecular weight is 356 g/mol. The Labute approximate surface area is 128 Å². The molecule has 0 aliphatic heterocycles. The highest BCUT2D eigenvalue weighted by Gasteiger charge is 2.20. The number of rotatable bonds is 4. The Morgan fingerprint density at radius 3 is 2.43 bits per heavy atom. The predicted molar refractivity (Wildman–Crippen MR) is 79.2 cm³/mol. The molecular weight excluding hydrogens is 344 g/mol. The van der Waals surface area contributed by atoms with E-state index in [-0.39, 0.29) is 28.7 Å². The molecule has 0 aliphatic carbocycles. The van der Waals surface area contributed by atoms with Gasteiger partial charge in [-0.25, -0.2) is 8.78 Å². The quantitative estimate of drug-likeness (QED) is 0.789. The number of hydrogen-bond donors (Lipinski definition) is 0. The highest BCUT2D eigenvalue weighted by Crippen LogP contribution is 2.29. The van der Waals surface area contributed by atoms with Crippen LogP contribution in [0.15, 0.2) is 33.5 Å². The number of halogens is 3. The molecule has 0 saturated heterocycles. The number of benzene rings is 1. The monoisotopic (exact) mass is 355 g/mol. The summed E-state index contributed by atoms with van der Waals surface area (Å²) in [6.45, 7) is 1.92. The van der Waals surface area contributed by atoms with Crippen LogP contribution in [0.2, 0.25) is 0 Å². The first-order chi connectivity index (χ1) is 10.0. The van der Waals surface area contributed by atoms with Crippen molar-refractivity contribution in [3.63, 3.8) is 0 Å². The van der Waals surface area contributed by atoms with Crippen molar-refractivity contribution in [3.8, 4) is 11.3 Å². The lowest BCUT2D eigenvalue weighted by Crippen LogP contribution is -2.24. The fourth-order valence-corrected chi connectivity index (χ4v) is 2.74. The lowest BCUT2D eigenvalue weighted by atomic mass is 10.0. The molecule has 0 N–H and O–H groups in total. The molecule has 1 aromatic heterocycles. The maximum absolute atomic E-state index is 14.0. The summed E-state index contributed by atoms with van der Waals surface area (Å²) >= 11 is 3.11. The van der Waals surface area contributed by atoms with Gasteiger partial charge in [-0.1, -0.05) is 6.07 Å². The molecule has 2 aromatic rings. The third kappa shape index (κ3) is 2.81. The van der Waals surface area contributed by atoms with Gasteiger partial charge in [-0.15, -0.1) is 0 Å². The highest BCUT2D eigenvalue weighted by atomic mass is 79.9. The van der Waals surface area contributed by atoms with Gasteiger partial charge in [0.25, 0.3) is 5.56 Å².